The van der Waals surface area contributed by atoms with Crippen molar-refractivity contribution >= 4 is 17.9 Å². The fraction of sp³-hybridized carbons (Fsp3) is 0.609. The number of aliphatic hydroxyl groups is 1. The van der Waals surface area contributed by atoms with Crippen molar-refractivity contribution in [3.63, 3.8) is 0 Å². The first-order valence-electron chi connectivity index (χ1n) is 10.7. The number of ether oxygens (including phenoxy) is 1. The maximum atomic E-state index is 13.2. The molecule has 0 spiro atoms. The molecule has 2 unspecified atom stereocenters. The van der Waals surface area contributed by atoms with Crippen LogP contribution in [0.25, 0.3) is 0 Å². The Labute approximate surface area is 185 Å². The first-order valence-corrected chi connectivity index (χ1v) is 10.7. The summed E-state index contributed by atoms with van der Waals surface area (Å²) in [5.41, 5.74) is 0.956. The number of aliphatic hydroxyl groups excluding tert-OH is 1. The predicted octanol–water partition coefficient (Wildman–Crippen LogP) is 2.69. The van der Waals surface area contributed by atoms with Gasteiger partial charge in [-0.3, -0.25) is 9.59 Å². The number of carbonyl (C=O) groups is 3. The third-order valence-corrected chi connectivity index (χ3v) is 4.51. The van der Waals surface area contributed by atoms with Gasteiger partial charge in [-0.1, -0.05) is 43.2 Å². The van der Waals surface area contributed by atoms with Crippen LogP contribution in [0.3, 0.4) is 0 Å². The molecule has 8 nitrogen and oxygen atoms in total. The van der Waals surface area contributed by atoms with E-state index in [-0.39, 0.29) is 31.6 Å². The Morgan fingerprint density at radius 3 is 2.29 bits per heavy atom. The van der Waals surface area contributed by atoms with Crippen LogP contribution in [0.5, 0.6) is 0 Å². The van der Waals surface area contributed by atoms with Crippen LogP contribution < -0.4 is 10.6 Å². The minimum Gasteiger partial charge on any atom is -0.444 e. The van der Waals surface area contributed by atoms with E-state index >= 15 is 0 Å². The van der Waals surface area contributed by atoms with Gasteiger partial charge in [0.15, 0.2) is 0 Å². The van der Waals surface area contributed by atoms with Crippen molar-refractivity contribution < 1.29 is 24.2 Å². The van der Waals surface area contributed by atoms with Crippen molar-refractivity contribution in [1.82, 2.24) is 15.5 Å². The van der Waals surface area contributed by atoms with Crippen LogP contribution in [0.15, 0.2) is 24.3 Å². The molecule has 0 aliphatic heterocycles. The first kappa shape index (κ1) is 26.4. The van der Waals surface area contributed by atoms with Crippen molar-refractivity contribution in [1.29, 1.82) is 0 Å². The molecule has 1 aromatic carbocycles. The van der Waals surface area contributed by atoms with E-state index in [1.165, 1.54) is 4.90 Å². The molecule has 31 heavy (non-hydrogen) atoms. The van der Waals surface area contributed by atoms with Gasteiger partial charge in [-0.05, 0) is 46.6 Å². The summed E-state index contributed by atoms with van der Waals surface area (Å²) in [6.45, 7) is 10.3. The van der Waals surface area contributed by atoms with Crippen molar-refractivity contribution in [3.05, 3.63) is 35.4 Å². The SMILES string of the molecule is CCCC(C)NC(=O)C(c1ccc(C)cc1)N(CCO)C(=O)CNC(=O)OC(C)(C)C. The molecular formula is C23H37N3O5. The minimum atomic E-state index is -0.931. The zero-order valence-corrected chi connectivity index (χ0v) is 19.5. The fourth-order valence-corrected chi connectivity index (χ4v) is 3.12. The fourth-order valence-electron chi connectivity index (χ4n) is 3.12. The lowest BCUT2D eigenvalue weighted by atomic mass is 10.0. The molecule has 0 saturated heterocycles. The number of benzene rings is 1. The van der Waals surface area contributed by atoms with Gasteiger partial charge in [-0.15, -0.1) is 0 Å². The average Bonchev–Trinajstić information content (AvgIpc) is 2.66. The average molecular weight is 436 g/mol. The highest BCUT2D eigenvalue weighted by molar-refractivity contribution is 5.90. The number of alkyl carbamates (subject to hydrolysis) is 1. The normalized spacial score (nSPS) is 13.1. The first-order chi connectivity index (χ1) is 14.5. The molecule has 0 aliphatic rings. The number of nitrogens with one attached hydrogen (secondary N) is 2. The monoisotopic (exact) mass is 435 g/mol. The van der Waals surface area contributed by atoms with Crippen LogP contribution in [0.1, 0.15) is 64.6 Å². The van der Waals surface area contributed by atoms with Crippen LogP contribution >= 0.6 is 0 Å². The number of hydrogen-bond donors (Lipinski definition) is 3. The van der Waals surface area contributed by atoms with Gasteiger partial charge in [-0.25, -0.2) is 4.79 Å². The van der Waals surface area contributed by atoms with Gasteiger partial charge in [0.25, 0.3) is 0 Å². The Morgan fingerprint density at radius 2 is 1.77 bits per heavy atom. The second-order valence-electron chi connectivity index (χ2n) is 8.68. The molecule has 1 rings (SSSR count). The number of rotatable bonds is 10. The molecule has 1 aromatic rings. The Hall–Kier alpha value is -2.61. The smallest absolute Gasteiger partial charge is 0.408 e. The summed E-state index contributed by atoms with van der Waals surface area (Å²) in [6.07, 6.45) is 0.994. The second kappa shape index (κ2) is 12.3. The Balaban J connectivity index is 3.10. The van der Waals surface area contributed by atoms with Crippen molar-refractivity contribution in [2.45, 2.75) is 72.1 Å². The topological polar surface area (TPSA) is 108 Å². The molecule has 0 saturated carbocycles. The number of amides is 3. The van der Waals surface area contributed by atoms with Gasteiger partial charge >= 0.3 is 6.09 Å². The second-order valence-corrected chi connectivity index (χ2v) is 8.68. The Kier molecular flexibility index (Phi) is 10.5. The molecule has 3 amide bonds. The quantitative estimate of drug-likeness (QED) is 0.524. The van der Waals surface area contributed by atoms with Gasteiger partial charge in [0.05, 0.1) is 6.61 Å². The lowest BCUT2D eigenvalue weighted by Crippen LogP contribution is -2.50. The molecule has 3 N–H and O–H groups in total. The standard InChI is InChI=1S/C23H37N3O5/c1-7-8-17(3)25-21(29)20(18-11-9-16(2)10-12-18)26(13-14-27)19(28)15-24-22(30)31-23(4,5)6/h9-12,17,20,27H,7-8,13-15H2,1-6H3,(H,24,30)(H,25,29). The van der Waals surface area contributed by atoms with Gasteiger partial charge < -0.3 is 25.4 Å². The maximum absolute atomic E-state index is 13.2. The zero-order valence-electron chi connectivity index (χ0n) is 19.5. The lowest BCUT2D eigenvalue weighted by molar-refractivity contribution is -0.141. The van der Waals surface area contributed by atoms with Gasteiger partial charge in [0.2, 0.25) is 11.8 Å². The summed E-state index contributed by atoms with van der Waals surface area (Å²) in [4.78, 5) is 39.4. The van der Waals surface area contributed by atoms with Crippen LogP contribution in [-0.4, -0.2) is 59.3 Å². The van der Waals surface area contributed by atoms with Gasteiger partial charge in [0.1, 0.15) is 18.2 Å². The van der Waals surface area contributed by atoms with Crippen LogP contribution in [0.4, 0.5) is 4.79 Å². The van der Waals surface area contributed by atoms with Crippen molar-refractivity contribution in [2.75, 3.05) is 19.7 Å². The van der Waals surface area contributed by atoms with Gasteiger partial charge in [0, 0.05) is 12.6 Å². The molecule has 174 valence electrons. The van der Waals surface area contributed by atoms with Crippen molar-refractivity contribution in [3.8, 4) is 0 Å². The molecule has 0 radical (unpaired) electrons. The predicted molar refractivity (Wildman–Crippen MR) is 119 cm³/mol. The lowest BCUT2D eigenvalue weighted by Gasteiger charge is -2.32. The molecule has 8 heteroatoms. The summed E-state index contributed by atoms with van der Waals surface area (Å²) < 4.78 is 5.16. The van der Waals surface area contributed by atoms with E-state index in [1.807, 2.05) is 32.9 Å². The van der Waals surface area contributed by atoms with E-state index in [0.717, 1.165) is 18.4 Å². The van der Waals surface area contributed by atoms with Crippen LogP contribution in [-0.2, 0) is 14.3 Å². The maximum Gasteiger partial charge on any atom is 0.408 e. The van der Waals surface area contributed by atoms with E-state index in [9.17, 15) is 19.5 Å². The van der Waals surface area contributed by atoms with E-state index in [2.05, 4.69) is 10.6 Å². The van der Waals surface area contributed by atoms with E-state index in [0.29, 0.717) is 5.56 Å². The largest absolute Gasteiger partial charge is 0.444 e. The molecule has 0 aromatic heterocycles. The highest BCUT2D eigenvalue weighted by atomic mass is 16.6. The molecule has 0 bridgehead atoms. The summed E-state index contributed by atoms with van der Waals surface area (Å²) >= 11 is 0. The zero-order chi connectivity index (χ0) is 23.6. The van der Waals surface area contributed by atoms with E-state index in [4.69, 9.17) is 4.74 Å². The molecule has 0 fully saturated rings. The summed E-state index contributed by atoms with van der Waals surface area (Å²) in [7, 11) is 0. The highest BCUT2D eigenvalue weighted by Gasteiger charge is 2.32. The number of carbonyl (C=O) groups excluding carboxylic acids is 3. The van der Waals surface area contributed by atoms with Crippen LogP contribution in [0.2, 0.25) is 0 Å². The van der Waals surface area contributed by atoms with E-state index in [1.54, 1.807) is 32.9 Å². The molecule has 0 heterocycles. The summed E-state index contributed by atoms with van der Waals surface area (Å²) in [5.74, 6) is -0.826. The molecule has 0 aliphatic carbocycles. The Morgan fingerprint density at radius 1 is 1.16 bits per heavy atom. The summed E-state index contributed by atoms with van der Waals surface area (Å²) in [6, 6.07) is 6.33. The summed E-state index contributed by atoms with van der Waals surface area (Å²) in [5, 5.41) is 15.0. The van der Waals surface area contributed by atoms with Crippen molar-refractivity contribution in [2.24, 2.45) is 0 Å². The number of hydrogen-bond acceptors (Lipinski definition) is 5. The Bertz CT molecular complexity index is 728. The van der Waals surface area contributed by atoms with Gasteiger partial charge in [-0.2, -0.15) is 0 Å². The molecule has 2 atom stereocenters. The molecular weight excluding hydrogens is 398 g/mol. The third kappa shape index (κ3) is 9.38. The third-order valence-electron chi connectivity index (χ3n) is 4.51. The number of aryl methyl sites for hydroxylation is 1. The van der Waals surface area contributed by atoms with E-state index < -0.39 is 23.6 Å². The van der Waals surface area contributed by atoms with Crippen LogP contribution in [0, 0.1) is 6.92 Å². The highest BCUT2D eigenvalue weighted by Crippen LogP contribution is 2.22. The minimum absolute atomic E-state index is 0.0526. The number of nitrogens with zero attached hydrogens (tertiary/aromatic N) is 1.